The van der Waals surface area contributed by atoms with Crippen molar-refractivity contribution in [2.24, 2.45) is 5.73 Å². The van der Waals surface area contributed by atoms with Gasteiger partial charge in [-0.3, -0.25) is 14.7 Å². The van der Waals surface area contributed by atoms with Crippen molar-refractivity contribution in [2.75, 3.05) is 13.1 Å². The number of aromatic nitrogens is 2. The third kappa shape index (κ3) is 3.38. The lowest BCUT2D eigenvalue weighted by Gasteiger charge is -2.40. The van der Waals surface area contributed by atoms with Gasteiger partial charge in [0.15, 0.2) is 0 Å². The quantitative estimate of drug-likeness (QED) is 0.861. The lowest BCUT2D eigenvalue weighted by molar-refractivity contribution is -0.0566. The number of halogens is 2. The molecule has 1 aliphatic heterocycles. The number of nitrogens with one attached hydrogen (secondary N) is 1. The van der Waals surface area contributed by atoms with Gasteiger partial charge in [0.2, 0.25) is 11.8 Å². The Balaban J connectivity index is 1.49. The topological polar surface area (TPSA) is 84.1 Å². The van der Waals surface area contributed by atoms with Crippen LogP contribution in [0.5, 0.6) is 0 Å². The van der Waals surface area contributed by atoms with Crippen LogP contribution in [0.3, 0.4) is 0 Å². The fraction of sp³-hybridized carbons (Fsp3) is 0.579. The second-order valence-corrected chi connectivity index (χ2v) is 7.73. The number of amides is 1. The molecule has 2 fully saturated rings. The molecule has 1 saturated carbocycles. The van der Waals surface area contributed by atoms with Crippen molar-refractivity contribution in [2.45, 2.75) is 56.5 Å². The minimum absolute atomic E-state index is 0.00640. The van der Waals surface area contributed by atoms with Crippen molar-refractivity contribution in [3.8, 4) is 0 Å². The summed E-state index contributed by atoms with van der Waals surface area (Å²) < 4.78 is 28.3. The molecule has 1 aliphatic carbocycles. The Kier molecular flexibility index (Phi) is 4.53. The SMILES string of the molecule is NC(=O)c1cccc2[nH]n(C3CCN(C4CCC(F)(F)CC4)CC3)c(=O)c12. The Morgan fingerprint density at radius 1 is 1.11 bits per heavy atom. The maximum absolute atomic E-state index is 13.4. The van der Waals surface area contributed by atoms with Crippen molar-refractivity contribution in [3.63, 3.8) is 0 Å². The Morgan fingerprint density at radius 2 is 1.78 bits per heavy atom. The summed E-state index contributed by atoms with van der Waals surface area (Å²) in [5, 5.41) is 3.45. The number of carbonyl (C=O) groups excluding carboxylic acids is 1. The second kappa shape index (κ2) is 6.74. The van der Waals surface area contributed by atoms with E-state index < -0.39 is 11.8 Å². The first-order chi connectivity index (χ1) is 12.9. The van der Waals surface area contributed by atoms with E-state index in [0.29, 0.717) is 23.7 Å². The van der Waals surface area contributed by atoms with Crippen LogP contribution in [0.25, 0.3) is 10.9 Å². The van der Waals surface area contributed by atoms with E-state index >= 15 is 0 Å². The highest BCUT2D eigenvalue weighted by Gasteiger charge is 2.38. The van der Waals surface area contributed by atoms with Gasteiger partial charge in [0.25, 0.3) is 5.56 Å². The van der Waals surface area contributed by atoms with Crippen molar-refractivity contribution in [3.05, 3.63) is 34.1 Å². The Hall–Kier alpha value is -2.22. The fourth-order valence-electron chi connectivity index (χ4n) is 4.54. The highest BCUT2D eigenvalue weighted by molar-refractivity contribution is 6.05. The molecule has 8 heteroatoms. The Morgan fingerprint density at radius 3 is 2.41 bits per heavy atom. The van der Waals surface area contributed by atoms with Crippen LogP contribution >= 0.6 is 0 Å². The fourth-order valence-corrected chi connectivity index (χ4v) is 4.54. The summed E-state index contributed by atoms with van der Waals surface area (Å²) in [5.41, 5.74) is 6.00. The number of primary amides is 1. The van der Waals surface area contributed by atoms with Gasteiger partial charge in [-0.1, -0.05) is 6.07 Å². The van der Waals surface area contributed by atoms with E-state index in [2.05, 4.69) is 10.00 Å². The zero-order valence-electron chi connectivity index (χ0n) is 15.1. The number of piperidine rings is 1. The molecule has 3 N–H and O–H groups in total. The molecule has 1 aromatic heterocycles. The molecule has 1 amide bonds. The van der Waals surface area contributed by atoms with Crippen LogP contribution in [0.15, 0.2) is 23.0 Å². The van der Waals surface area contributed by atoms with Gasteiger partial charge in [-0.15, -0.1) is 0 Å². The van der Waals surface area contributed by atoms with Gasteiger partial charge in [-0.25, -0.2) is 13.5 Å². The van der Waals surface area contributed by atoms with Crippen molar-refractivity contribution in [1.82, 2.24) is 14.7 Å². The molecule has 1 aromatic carbocycles. The first-order valence-corrected chi connectivity index (χ1v) is 9.51. The molecule has 2 heterocycles. The van der Waals surface area contributed by atoms with E-state index in [0.717, 1.165) is 25.9 Å². The van der Waals surface area contributed by atoms with E-state index in [-0.39, 0.29) is 36.0 Å². The van der Waals surface area contributed by atoms with Gasteiger partial charge in [0.05, 0.1) is 22.5 Å². The monoisotopic (exact) mass is 378 g/mol. The molecular formula is C19H24F2N4O2. The van der Waals surface area contributed by atoms with Crippen molar-refractivity contribution < 1.29 is 13.6 Å². The van der Waals surface area contributed by atoms with Gasteiger partial charge in [-0.2, -0.15) is 0 Å². The zero-order valence-corrected chi connectivity index (χ0v) is 15.1. The Bertz CT molecular complexity index is 902. The molecule has 0 atom stereocenters. The Labute approximate surface area is 155 Å². The van der Waals surface area contributed by atoms with E-state index in [1.54, 1.807) is 22.9 Å². The summed E-state index contributed by atoms with van der Waals surface area (Å²) in [6.07, 6.45) is 2.54. The predicted molar refractivity (Wildman–Crippen MR) is 98.1 cm³/mol. The van der Waals surface area contributed by atoms with Crippen LogP contribution < -0.4 is 11.3 Å². The number of fused-ring (bicyclic) bond motifs is 1. The smallest absolute Gasteiger partial charge is 0.275 e. The number of carbonyl (C=O) groups is 1. The predicted octanol–water partition coefficient (Wildman–Crippen LogP) is 2.64. The molecule has 2 aliphatic rings. The molecule has 0 unspecified atom stereocenters. The lowest BCUT2D eigenvalue weighted by Crippen LogP contribution is -2.45. The number of alkyl halides is 2. The highest BCUT2D eigenvalue weighted by atomic mass is 19.3. The number of hydrogen-bond donors (Lipinski definition) is 2. The first kappa shape index (κ1) is 18.2. The largest absolute Gasteiger partial charge is 0.366 e. The number of nitrogens with zero attached hydrogens (tertiary/aromatic N) is 2. The molecule has 0 spiro atoms. The van der Waals surface area contributed by atoms with Gasteiger partial charge in [-0.05, 0) is 37.8 Å². The number of rotatable bonds is 3. The maximum Gasteiger partial charge on any atom is 0.275 e. The average molecular weight is 378 g/mol. The van der Waals surface area contributed by atoms with E-state index in [9.17, 15) is 18.4 Å². The molecule has 1 saturated heterocycles. The number of benzene rings is 1. The van der Waals surface area contributed by atoms with Gasteiger partial charge in [0, 0.05) is 32.0 Å². The summed E-state index contributed by atoms with van der Waals surface area (Å²) >= 11 is 0. The number of aromatic amines is 1. The summed E-state index contributed by atoms with van der Waals surface area (Å²) in [7, 11) is 0. The van der Waals surface area contributed by atoms with E-state index in [1.165, 1.54) is 0 Å². The molecular weight excluding hydrogens is 354 g/mol. The number of H-pyrrole nitrogens is 1. The summed E-state index contributed by atoms with van der Waals surface area (Å²) in [6, 6.07) is 5.24. The molecule has 146 valence electrons. The maximum atomic E-state index is 13.4. The molecule has 6 nitrogen and oxygen atoms in total. The van der Waals surface area contributed by atoms with Gasteiger partial charge >= 0.3 is 0 Å². The van der Waals surface area contributed by atoms with Crippen molar-refractivity contribution >= 4 is 16.8 Å². The lowest BCUT2D eigenvalue weighted by atomic mass is 9.89. The number of likely N-dealkylation sites (tertiary alicyclic amines) is 1. The molecule has 0 bridgehead atoms. The van der Waals surface area contributed by atoms with Crippen LogP contribution in [0.4, 0.5) is 8.78 Å². The molecule has 27 heavy (non-hydrogen) atoms. The van der Waals surface area contributed by atoms with Crippen LogP contribution in [0, 0.1) is 0 Å². The third-order valence-electron chi connectivity index (χ3n) is 6.07. The van der Waals surface area contributed by atoms with Crippen LogP contribution in [-0.2, 0) is 0 Å². The molecule has 2 aromatic rings. The minimum Gasteiger partial charge on any atom is -0.366 e. The van der Waals surface area contributed by atoms with Gasteiger partial charge < -0.3 is 10.6 Å². The van der Waals surface area contributed by atoms with Crippen molar-refractivity contribution in [1.29, 1.82) is 0 Å². The van der Waals surface area contributed by atoms with Crippen LogP contribution in [-0.4, -0.2) is 45.6 Å². The molecule has 0 radical (unpaired) electrons. The summed E-state index contributed by atoms with van der Waals surface area (Å²) in [4.78, 5) is 26.7. The highest BCUT2D eigenvalue weighted by Crippen LogP contribution is 2.36. The van der Waals surface area contributed by atoms with Crippen LogP contribution in [0.2, 0.25) is 0 Å². The number of nitrogens with two attached hydrogens (primary N) is 1. The first-order valence-electron chi connectivity index (χ1n) is 9.51. The van der Waals surface area contributed by atoms with E-state index in [1.807, 2.05) is 0 Å². The second-order valence-electron chi connectivity index (χ2n) is 7.73. The summed E-state index contributed by atoms with van der Waals surface area (Å²) in [6.45, 7) is 1.57. The summed E-state index contributed by atoms with van der Waals surface area (Å²) in [5.74, 6) is -3.13. The minimum atomic E-state index is -2.51. The third-order valence-corrected chi connectivity index (χ3v) is 6.07. The number of hydrogen-bond acceptors (Lipinski definition) is 3. The average Bonchev–Trinajstić information content (AvgIpc) is 2.99. The van der Waals surface area contributed by atoms with E-state index in [4.69, 9.17) is 5.73 Å². The standard InChI is InChI=1S/C19H24F2N4O2/c20-19(21)8-4-12(5-9-19)24-10-6-13(7-11-24)25-18(27)16-14(17(22)26)2-1-3-15(16)23-25/h1-3,12-13,23H,4-11H2,(H2,22,26). The van der Waals surface area contributed by atoms with Gasteiger partial charge in [0.1, 0.15) is 0 Å². The van der Waals surface area contributed by atoms with Crippen LogP contribution in [0.1, 0.15) is 54.9 Å². The normalized spacial score (nSPS) is 22.3. The molecule has 4 rings (SSSR count). The zero-order chi connectivity index (χ0) is 19.2.